The van der Waals surface area contributed by atoms with Gasteiger partial charge in [0.2, 0.25) is 11.0 Å². The molecule has 6 rings (SSSR count). The van der Waals surface area contributed by atoms with E-state index in [1.54, 1.807) is 23.2 Å². The number of aliphatic carboxylic acids is 1. The fraction of sp³-hybridized carbons (Fsp3) is 0.400. The van der Waals surface area contributed by atoms with E-state index in [-0.39, 0.29) is 35.1 Å². The van der Waals surface area contributed by atoms with Crippen LogP contribution in [0, 0.1) is 17.0 Å². The van der Waals surface area contributed by atoms with E-state index in [0.29, 0.717) is 30.2 Å². The first-order valence-corrected chi connectivity index (χ1v) is 15.0. The SMILES string of the molecule is Cn1ccc2cc(-c3ccc(Cl)cc3-c3nc(N(C(=O)C(CC(=O)O)CC4CCOCC4)C4CC4)sc3F)cnc21. The van der Waals surface area contributed by atoms with Crippen molar-refractivity contribution >= 4 is 51.0 Å². The number of rotatable bonds is 9. The number of carboxylic acid groups (broad SMARTS) is 1. The standard InChI is InChI=1S/C30H30ClFN4O4S/c1-35-9-6-18-13-20(16-33-28(18)35)23-5-2-21(31)15-24(23)26-27(32)41-30(34-26)36(22-3-4-22)29(39)19(14-25(37)38)12-17-7-10-40-11-8-17/h2,5-6,9,13,15-17,19,22H,3-4,7-8,10-12,14H2,1H3,(H,37,38). The number of carboxylic acids is 1. The molecule has 41 heavy (non-hydrogen) atoms. The summed E-state index contributed by atoms with van der Waals surface area (Å²) < 4.78 is 23.1. The zero-order valence-corrected chi connectivity index (χ0v) is 24.1. The van der Waals surface area contributed by atoms with Crippen molar-refractivity contribution in [2.75, 3.05) is 18.1 Å². The highest BCUT2D eigenvalue weighted by Crippen LogP contribution is 2.42. The average Bonchev–Trinajstić information content (AvgIpc) is 3.61. The van der Waals surface area contributed by atoms with Gasteiger partial charge in [0.1, 0.15) is 11.3 Å². The van der Waals surface area contributed by atoms with Crippen LogP contribution in [-0.2, 0) is 21.4 Å². The van der Waals surface area contributed by atoms with Gasteiger partial charge in [0.15, 0.2) is 5.13 Å². The fourth-order valence-electron chi connectivity index (χ4n) is 5.65. The molecule has 11 heteroatoms. The number of carbonyl (C=O) groups is 2. The molecule has 1 aliphatic carbocycles. The number of benzene rings is 1. The van der Waals surface area contributed by atoms with Gasteiger partial charge in [0.25, 0.3) is 0 Å². The quantitative estimate of drug-likeness (QED) is 0.235. The van der Waals surface area contributed by atoms with Crippen molar-refractivity contribution in [1.82, 2.24) is 14.5 Å². The van der Waals surface area contributed by atoms with E-state index >= 15 is 4.39 Å². The van der Waals surface area contributed by atoms with Crippen molar-refractivity contribution in [3.8, 4) is 22.4 Å². The van der Waals surface area contributed by atoms with Gasteiger partial charge in [-0.2, -0.15) is 4.39 Å². The molecule has 2 aliphatic rings. The van der Waals surface area contributed by atoms with Crippen LogP contribution in [0.4, 0.5) is 9.52 Å². The van der Waals surface area contributed by atoms with Crippen LogP contribution in [0.3, 0.4) is 0 Å². The third-order valence-corrected chi connectivity index (χ3v) is 8.99. The number of amides is 1. The van der Waals surface area contributed by atoms with Crippen LogP contribution >= 0.6 is 22.9 Å². The Morgan fingerprint density at radius 2 is 1.98 bits per heavy atom. The second kappa shape index (κ2) is 11.5. The summed E-state index contributed by atoms with van der Waals surface area (Å²) >= 11 is 7.18. The average molecular weight is 597 g/mol. The van der Waals surface area contributed by atoms with E-state index in [1.807, 2.05) is 36.0 Å². The normalized spacial score (nSPS) is 16.7. The zero-order valence-electron chi connectivity index (χ0n) is 22.6. The van der Waals surface area contributed by atoms with Crippen molar-refractivity contribution in [1.29, 1.82) is 0 Å². The number of thiazole rings is 1. The van der Waals surface area contributed by atoms with Crippen molar-refractivity contribution in [2.45, 2.75) is 44.6 Å². The van der Waals surface area contributed by atoms with Gasteiger partial charge in [-0.15, -0.1) is 0 Å². The van der Waals surface area contributed by atoms with E-state index in [4.69, 9.17) is 16.3 Å². The number of fused-ring (bicyclic) bond motifs is 1. The number of ether oxygens (including phenoxy) is 1. The maximum atomic E-state index is 15.7. The first kappa shape index (κ1) is 27.8. The zero-order chi connectivity index (χ0) is 28.7. The van der Waals surface area contributed by atoms with E-state index in [1.165, 1.54) is 0 Å². The van der Waals surface area contributed by atoms with Gasteiger partial charge >= 0.3 is 5.97 Å². The lowest BCUT2D eigenvalue weighted by molar-refractivity contribution is -0.141. The summed E-state index contributed by atoms with van der Waals surface area (Å²) in [5, 5.41) is 10.7. The summed E-state index contributed by atoms with van der Waals surface area (Å²) in [7, 11) is 1.92. The lowest BCUT2D eigenvalue weighted by Gasteiger charge is -2.29. The molecule has 1 saturated heterocycles. The Balaban J connectivity index is 1.36. The van der Waals surface area contributed by atoms with Crippen LogP contribution in [0.5, 0.6) is 0 Å². The Morgan fingerprint density at radius 1 is 1.20 bits per heavy atom. The molecule has 3 aromatic heterocycles. The molecule has 8 nitrogen and oxygen atoms in total. The Kier molecular flexibility index (Phi) is 7.80. The molecule has 0 radical (unpaired) electrons. The van der Waals surface area contributed by atoms with Crippen molar-refractivity contribution in [3.63, 3.8) is 0 Å². The van der Waals surface area contributed by atoms with Gasteiger partial charge in [0, 0.05) is 66.2 Å². The number of aryl methyl sites for hydroxylation is 1. The minimum atomic E-state index is -1.02. The summed E-state index contributed by atoms with van der Waals surface area (Å²) in [5.74, 6) is -1.82. The topological polar surface area (TPSA) is 97.6 Å². The minimum absolute atomic E-state index is 0.105. The van der Waals surface area contributed by atoms with Crippen LogP contribution in [0.25, 0.3) is 33.4 Å². The van der Waals surface area contributed by atoms with Crippen LogP contribution in [0.2, 0.25) is 5.02 Å². The number of hydrogen-bond acceptors (Lipinski definition) is 6. The number of nitrogens with zero attached hydrogens (tertiary/aromatic N) is 4. The lowest BCUT2D eigenvalue weighted by atomic mass is 9.86. The highest BCUT2D eigenvalue weighted by molar-refractivity contribution is 7.14. The molecule has 1 aliphatic heterocycles. The van der Waals surface area contributed by atoms with Crippen molar-refractivity contribution in [2.24, 2.45) is 18.9 Å². The molecular weight excluding hydrogens is 567 g/mol. The van der Waals surface area contributed by atoms with Crippen LogP contribution in [-0.4, -0.2) is 50.8 Å². The smallest absolute Gasteiger partial charge is 0.304 e. The maximum absolute atomic E-state index is 15.7. The van der Waals surface area contributed by atoms with Crippen LogP contribution < -0.4 is 4.90 Å². The lowest BCUT2D eigenvalue weighted by Crippen LogP contribution is -2.40. The number of pyridine rings is 1. The second-order valence-corrected chi connectivity index (χ2v) is 12.3. The number of halogens is 2. The van der Waals surface area contributed by atoms with Crippen molar-refractivity contribution < 1.29 is 23.8 Å². The highest BCUT2D eigenvalue weighted by atomic mass is 35.5. The number of aromatic nitrogens is 3. The third kappa shape index (κ3) is 5.86. The van der Waals surface area contributed by atoms with Crippen LogP contribution in [0.15, 0.2) is 42.7 Å². The molecule has 214 valence electrons. The van der Waals surface area contributed by atoms with E-state index in [2.05, 4.69) is 9.97 Å². The maximum Gasteiger partial charge on any atom is 0.304 e. The van der Waals surface area contributed by atoms with Gasteiger partial charge in [-0.05, 0) is 67.9 Å². The van der Waals surface area contributed by atoms with Gasteiger partial charge in [-0.25, -0.2) is 9.97 Å². The molecule has 2 fully saturated rings. The second-order valence-electron chi connectivity index (χ2n) is 10.9. The summed E-state index contributed by atoms with van der Waals surface area (Å²) in [6.07, 6.45) is 7.00. The Morgan fingerprint density at radius 3 is 2.71 bits per heavy atom. The monoisotopic (exact) mass is 596 g/mol. The largest absolute Gasteiger partial charge is 0.481 e. The highest BCUT2D eigenvalue weighted by Gasteiger charge is 2.40. The molecule has 1 atom stereocenters. The minimum Gasteiger partial charge on any atom is -0.481 e. The third-order valence-electron chi connectivity index (χ3n) is 7.91. The molecule has 1 saturated carbocycles. The van der Waals surface area contributed by atoms with E-state index in [9.17, 15) is 14.7 Å². The predicted molar refractivity (Wildman–Crippen MR) is 157 cm³/mol. The van der Waals surface area contributed by atoms with Crippen molar-refractivity contribution in [3.05, 3.63) is 52.9 Å². The summed E-state index contributed by atoms with van der Waals surface area (Å²) in [4.78, 5) is 36.4. The van der Waals surface area contributed by atoms with Crippen LogP contribution in [0.1, 0.15) is 38.5 Å². The molecule has 4 heterocycles. The molecule has 0 bridgehead atoms. The molecule has 0 spiro atoms. The Labute approximate surface area is 245 Å². The van der Waals surface area contributed by atoms with E-state index < -0.39 is 17.0 Å². The first-order chi connectivity index (χ1) is 19.8. The summed E-state index contributed by atoms with van der Waals surface area (Å²) in [6.45, 7) is 1.22. The summed E-state index contributed by atoms with van der Waals surface area (Å²) in [5.41, 5.74) is 2.95. The fourth-order valence-corrected chi connectivity index (χ4v) is 6.71. The van der Waals surface area contributed by atoms with Gasteiger partial charge in [-0.1, -0.05) is 29.0 Å². The molecular formula is C30H30ClFN4O4S. The Hall–Kier alpha value is -3.34. The Bertz CT molecular complexity index is 1610. The summed E-state index contributed by atoms with van der Waals surface area (Å²) in [6, 6.07) is 9.09. The molecule has 1 unspecified atom stereocenters. The number of carbonyl (C=O) groups excluding carboxylic acids is 1. The molecule has 1 N–H and O–H groups in total. The number of anilines is 1. The van der Waals surface area contributed by atoms with Gasteiger partial charge in [0.05, 0.1) is 6.42 Å². The van der Waals surface area contributed by atoms with Gasteiger partial charge < -0.3 is 14.4 Å². The molecule has 1 amide bonds. The predicted octanol–water partition coefficient (Wildman–Crippen LogP) is 6.56. The molecule has 1 aromatic carbocycles. The molecule has 4 aromatic rings. The number of hydrogen-bond donors (Lipinski definition) is 1. The van der Waals surface area contributed by atoms with Gasteiger partial charge in [-0.3, -0.25) is 14.5 Å². The van der Waals surface area contributed by atoms with E-state index in [0.717, 1.165) is 59.2 Å². The first-order valence-electron chi connectivity index (χ1n) is 13.8.